The van der Waals surface area contributed by atoms with Gasteiger partial charge < -0.3 is 10.5 Å². The Labute approximate surface area is 191 Å². The molecule has 9 heteroatoms. The van der Waals surface area contributed by atoms with E-state index in [4.69, 9.17) is 10.5 Å². The summed E-state index contributed by atoms with van der Waals surface area (Å²) in [5, 5.41) is 1.53. The van der Waals surface area contributed by atoms with E-state index >= 15 is 0 Å². The van der Waals surface area contributed by atoms with Crippen LogP contribution in [0.2, 0.25) is 0 Å². The van der Waals surface area contributed by atoms with Crippen molar-refractivity contribution in [1.29, 1.82) is 0 Å². The Balaban J connectivity index is 1.55. The number of nitrogen functional groups attached to an aromatic ring is 1. The average Bonchev–Trinajstić information content (AvgIpc) is 3.59. The number of benzene rings is 2. The second kappa shape index (κ2) is 8.32. The van der Waals surface area contributed by atoms with Gasteiger partial charge in [0.25, 0.3) is 0 Å². The van der Waals surface area contributed by atoms with E-state index in [1.54, 1.807) is 30.6 Å². The van der Waals surface area contributed by atoms with Gasteiger partial charge >= 0.3 is 0 Å². The second-order valence-electron chi connectivity index (χ2n) is 8.20. The predicted molar refractivity (Wildman–Crippen MR) is 129 cm³/mol. The number of hydrogen-bond acceptors (Lipinski definition) is 7. The molecule has 1 aliphatic rings. The molecular formula is C24H23N5O3S. The van der Waals surface area contributed by atoms with Crippen molar-refractivity contribution in [2.45, 2.75) is 19.8 Å². The monoisotopic (exact) mass is 461 g/mol. The van der Waals surface area contributed by atoms with E-state index in [2.05, 4.69) is 19.7 Å². The Hall–Kier alpha value is -3.72. The van der Waals surface area contributed by atoms with E-state index in [1.807, 2.05) is 37.3 Å². The molecule has 4 aromatic rings. The van der Waals surface area contributed by atoms with Crippen LogP contribution in [0.25, 0.3) is 22.0 Å². The molecule has 0 unspecified atom stereocenters. The molecule has 0 saturated heterocycles. The fourth-order valence-corrected chi connectivity index (χ4v) is 5.31. The molecule has 0 atom stereocenters. The fourth-order valence-electron chi connectivity index (χ4n) is 3.76. The van der Waals surface area contributed by atoms with E-state index in [0.717, 1.165) is 29.2 Å². The highest BCUT2D eigenvalue weighted by molar-refractivity contribution is 7.92. The second-order valence-corrected chi connectivity index (χ2v) is 9.96. The van der Waals surface area contributed by atoms with Crippen LogP contribution in [0.1, 0.15) is 18.4 Å². The summed E-state index contributed by atoms with van der Waals surface area (Å²) in [6, 6.07) is 14.7. The van der Waals surface area contributed by atoms with Crippen molar-refractivity contribution in [2.24, 2.45) is 5.92 Å². The molecule has 3 N–H and O–H groups in total. The third-order valence-electron chi connectivity index (χ3n) is 5.55. The van der Waals surface area contributed by atoms with E-state index < -0.39 is 10.0 Å². The van der Waals surface area contributed by atoms with Crippen LogP contribution in [0, 0.1) is 12.8 Å². The third-order valence-corrected chi connectivity index (χ3v) is 6.99. The number of nitrogens with one attached hydrogen (secondary N) is 1. The Morgan fingerprint density at radius 2 is 1.88 bits per heavy atom. The maximum Gasteiger partial charge on any atom is 0.233 e. The number of anilines is 2. The molecule has 2 aromatic carbocycles. The molecule has 8 nitrogen and oxygen atoms in total. The smallest absolute Gasteiger partial charge is 0.233 e. The maximum absolute atomic E-state index is 12.6. The number of sulfonamides is 1. The number of nitrogens with zero attached hydrogens (tertiary/aromatic N) is 3. The fraction of sp³-hybridized carbons (Fsp3) is 0.208. The molecule has 5 rings (SSSR count). The molecule has 0 aliphatic heterocycles. The zero-order valence-corrected chi connectivity index (χ0v) is 18.8. The minimum atomic E-state index is -3.42. The Morgan fingerprint density at radius 1 is 1.03 bits per heavy atom. The number of fused-ring (bicyclic) bond motifs is 1. The molecule has 0 amide bonds. The van der Waals surface area contributed by atoms with Gasteiger partial charge in [-0.05, 0) is 55.5 Å². The average molecular weight is 462 g/mol. The van der Waals surface area contributed by atoms with E-state index in [-0.39, 0.29) is 17.6 Å². The van der Waals surface area contributed by atoms with Crippen molar-refractivity contribution >= 4 is 32.4 Å². The van der Waals surface area contributed by atoms with Gasteiger partial charge in [-0.2, -0.15) is 0 Å². The lowest BCUT2D eigenvalue weighted by molar-refractivity contribution is 0.466. The van der Waals surface area contributed by atoms with Crippen LogP contribution in [0.4, 0.5) is 11.6 Å². The van der Waals surface area contributed by atoms with Gasteiger partial charge in [0.2, 0.25) is 21.9 Å². The summed E-state index contributed by atoms with van der Waals surface area (Å²) in [5.41, 5.74) is 8.44. The van der Waals surface area contributed by atoms with Gasteiger partial charge in [-0.1, -0.05) is 24.3 Å². The van der Waals surface area contributed by atoms with Crippen LogP contribution >= 0.6 is 0 Å². The van der Waals surface area contributed by atoms with Gasteiger partial charge in [0, 0.05) is 23.2 Å². The molecule has 1 aliphatic carbocycles. The summed E-state index contributed by atoms with van der Waals surface area (Å²) in [7, 11) is -3.42. The first-order valence-electron chi connectivity index (χ1n) is 10.6. The molecule has 0 bridgehead atoms. The van der Waals surface area contributed by atoms with Crippen molar-refractivity contribution in [2.75, 3.05) is 16.2 Å². The molecule has 33 heavy (non-hydrogen) atoms. The highest BCUT2D eigenvalue weighted by Gasteiger charge is 2.28. The van der Waals surface area contributed by atoms with Crippen LogP contribution in [-0.2, 0) is 10.0 Å². The zero-order valence-electron chi connectivity index (χ0n) is 18.0. The van der Waals surface area contributed by atoms with Crippen molar-refractivity contribution in [3.63, 3.8) is 0 Å². The van der Waals surface area contributed by atoms with Gasteiger partial charge in [-0.25, -0.2) is 23.4 Å². The highest BCUT2D eigenvalue weighted by Crippen LogP contribution is 2.39. The zero-order chi connectivity index (χ0) is 23.0. The normalized spacial score (nSPS) is 13.7. The molecule has 0 radical (unpaired) electrons. The van der Waals surface area contributed by atoms with Crippen molar-refractivity contribution < 1.29 is 13.2 Å². The number of nitrogens with two attached hydrogens (primary N) is 1. The SMILES string of the molecule is Cc1ccc2c(NS(=O)(=O)CC3CC3)cccc2c1Oc1ncccc1-c1ccnc(N)n1. The number of aryl methyl sites for hydroxylation is 1. The number of pyridine rings is 1. The first-order chi connectivity index (χ1) is 15.9. The number of hydrogen-bond donors (Lipinski definition) is 2. The van der Waals surface area contributed by atoms with Crippen LogP contribution in [0.5, 0.6) is 11.6 Å². The summed E-state index contributed by atoms with van der Waals surface area (Å²) in [5.74, 6) is 1.53. The van der Waals surface area contributed by atoms with Crippen LogP contribution < -0.4 is 15.2 Å². The molecule has 1 fully saturated rings. The van der Waals surface area contributed by atoms with Gasteiger partial charge in [-0.3, -0.25) is 4.72 Å². The van der Waals surface area contributed by atoms with Crippen LogP contribution in [0.15, 0.2) is 60.9 Å². The van der Waals surface area contributed by atoms with Gasteiger partial charge in [-0.15, -0.1) is 0 Å². The van der Waals surface area contributed by atoms with Gasteiger partial charge in [0.1, 0.15) is 5.75 Å². The molecule has 1 saturated carbocycles. The van der Waals surface area contributed by atoms with Crippen molar-refractivity contribution in [3.05, 3.63) is 66.5 Å². The van der Waals surface area contributed by atoms with Crippen molar-refractivity contribution in [3.8, 4) is 22.9 Å². The molecule has 0 spiro atoms. The lowest BCUT2D eigenvalue weighted by Gasteiger charge is -2.16. The standard InChI is InChI=1S/C24H23N5O3S/c1-15-7-10-17-18(4-2-6-21(17)29-33(30,31)14-16-8-9-16)22(15)32-23-19(5-3-12-26-23)20-11-13-27-24(25)28-20/h2-7,10-13,16,29H,8-9,14H2,1H3,(H2,25,27,28). The van der Waals surface area contributed by atoms with Gasteiger partial charge in [0.05, 0.1) is 22.7 Å². The quantitative estimate of drug-likeness (QED) is 0.415. The molecule has 2 heterocycles. The Morgan fingerprint density at radius 3 is 2.67 bits per heavy atom. The minimum absolute atomic E-state index is 0.151. The summed E-state index contributed by atoms with van der Waals surface area (Å²) >= 11 is 0. The molecular weight excluding hydrogens is 438 g/mol. The number of ether oxygens (including phenoxy) is 1. The summed E-state index contributed by atoms with van der Waals surface area (Å²) in [6.45, 7) is 1.93. The van der Waals surface area contributed by atoms with Crippen molar-refractivity contribution in [1.82, 2.24) is 15.0 Å². The van der Waals surface area contributed by atoms with Crippen LogP contribution in [-0.4, -0.2) is 29.1 Å². The largest absolute Gasteiger partial charge is 0.437 e. The number of rotatable bonds is 7. The number of aromatic nitrogens is 3. The summed E-state index contributed by atoms with van der Waals surface area (Å²) in [4.78, 5) is 12.6. The van der Waals surface area contributed by atoms with E-state index in [1.165, 1.54) is 0 Å². The maximum atomic E-state index is 12.6. The summed E-state index contributed by atoms with van der Waals surface area (Å²) < 4.78 is 34.3. The first kappa shape index (κ1) is 21.1. The van der Waals surface area contributed by atoms with E-state index in [9.17, 15) is 8.42 Å². The molecule has 168 valence electrons. The first-order valence-corrected chi connectivity index (χ1v) is 12.3. The highest BCUT2D eigenvalue weighted by atomic mass is 32.2. The van der Waals surface area contributed by atoms with Crippen LogP contribution in [0.3, 0.4) is 0 Å². The van der Waals surface area contributed by atoms with E-state index in [0.29, 0.717) is 28.6 Å². The Bertz CT molecular complexity index is 1450. The minimum Gasteiger partial charge on any atom is -0.437 e. The topological polar surface area (TPSA) is 120 Å². The lowest BCUT2D eigenvalue weighted by Crippen LogP contribution is -2.18. The predicted octanol–water partition coefficient (Wildman–Crippen LogP) is 4.53. The lowest BCUT2D eigenvalue weighted by atomic mass is 10.0. The molecule has 2 aromatic heterocycles. The Kier molecular flexibility index (Phi) is 5.33. The van der Waals surface area contributed by atoms with Gasteiger partial charge in [0.15, 0.2) is 0 Å². The third kappa shape index (κ3) is 4.58. The summed E-state index contributed by atoms with van der Waals surface area (Å²) in [6.07, 6.45) is 5.16.